The van der Waals surface area contributed by atoms with Crippen LogP contribution < -0.4 is 11.1 Å². The normalized spacial score (nSPS) is 16.9. The lowest BCUT2D eigenvalue weighted by Crippen LogP contribution is -2.18. The molecule has 1 atom stereocenters. The van der Waals surface area contributed by atoms with Gasteiger partial charge < -0.3 is 11.1 Å². The Labute approximate surface area is 98.2 Å². The third kappa shape index (κ3) is 2.63. The van der Waals surface area contributed by atoms with Crippen molar-refractivity contribution in [1.29, 1.82) is 0 Å². The maximum absolute atomic E-state index is 6.17. The summed E-state index contributed by atoms with van der Waals surface area (Å²) in [6.45, 7) is 0.984. The molecular weight excluding hydrogens is 196 g/mol. The zero-order valence-corrected chi connectivity index (χ0v) is 10.1. The quantitative estimate of drug-likeness (QED) is 0.813. The summed E-state index contributed by atoms with van der Waals surface area (Å²) in [7, 11) is 1.97. The molecule has 1 aliphatic rings. The van der Waals surface area contributed by atoms with Crippen LogP contribution in [0.25, 0.3) is 0 Å². The summed E-state index contributed by atoms with van der Waals surface area (Å²) in [6.07, 6.45) is 6.18. The Morgan fingerprint density at radius 2 is 2.00 bits per heavy atom. The molecule has 1 aliphatic carbocycles. The third-order valence-electron chi connectivity index (χ3n) is 3.51. The van der Waals surface area contributed by atoms with Gasteiger partial charge in [-0.15, -0.1) is 0 Å². The van der Waals surface area contributed by atoms with E-state index in [0.717, 1.165) is 13.0 Å². The first-order chi connectivity index (χ1) is 7.81. The van der Waals surface area contributed by atoms with E-state index in [9.17, 15) is 0 Å². The minimum Gasteiger partial charge on any atom is -0.324 e. The van der Waals surface area contributed by atoms with Gasteiger partial charge >= 0.3 is 0 Å². The second-order valence-electron chi connectivity index (χ2n) is 4.73. The van der Waals surface area contributed by atoms with Crippen LogP contribution in [0, 0.1) is 0 Å². The number of nitrogens with one attached hydrogen (secondary N) is 1. The molecule has 0 bridgehead atoms. The molecule has 1 aromatic carbocycles. The molecule has 0 saturated carbocycles. The van der Waals surface area contributed by atoms with Crippen LogP contribution in [0.5, 0.6) is 0 Å². The van der Waals surface area contributed by atoms with E-state index in [-0.39, 0.29) is 6.04 Å². The Balaban J connectivity index is 2.10. The molecule has 0 aromatic heterocycles. The van der Waals surface area contributed by atoms with Gasteiger partial charge in [-0.3, -0.25) is 0 Å². The molecule has 0 radical (unpaired) electrons. The summed E-state index contributed by atoms with van der Waals surface area (Å²) in [6, 6.07) is 7.00. The molecule has 88 valence electrons. The van der Waals surface area contributed by atoms with Crippen molar-refractivity contribution in [1.82, 2.24) is 5.32 Å². The second-order valence-corrected chi connectivity index (χ2v) is 4.73. The predicted octanol–water partition coefficient (Wildman–Crippen LogP) is 2.17. The number of rotatable bonds is 4. The van der Waals surface area contributed by atoms with Gasteiger partial charge in [-0.1, -0.05) is 18.2 Å². The molecule has 3 N–H and O–H groups in total. The summed E-state index contributed by atoms with van der Waals surface area (Å²) >= 11 is 0. The van der Waals surface area contributed by atoms with E-state index in [2.05, 4.69) is 23.5 Å². The molecule has 2 heteroatoms. The van der Waals surface area contributed by atoms with Crippen molar-refractivity contribution in [3.63, 3.8) is 0 Å². The van der Waals surface area contributed by atoms with E-state index in [1.54, 1.807) is 0 Å². The maximum atomic E-state index is 6.17. The van der Waals surface area contributed by atoms with Crippen molar-refractivity contribution in [3.05, 3.63) is 34.9 Å². The summed E-state index contributed by atoms with van der Waals surface area (Å²) in [5.41, 5.74) is 10.5. The van der Waals surface area contributed by atoms with E-state index in [1.165, 1.54) is 42.4 Å². The molecule has 0 heterocycles. The number of aryl methyl sites for hydroxylation is 2. The molecule has 1 unspecified atom stereocenters. The van der Waals surface area contributed by atoms with Gasteiger partial charge in [-0.05, 0) is 62.4 Å². The van der Waals surface area contributed by atoms with Crippen LogP contribution >= 0.6 is 0 Å². The SMILES string of the molecule is CNCCC(N)c1ccc2c(c1)CCCC2. The average molecular weight is 218 g/mol. The lowest BCUT2D eigenvalue weighted by atomic mass is 9.89. The van der Waals surface area contributed by atoms with Crippen molar-refractivity contribution in [2.45, 2.75) is 38.1 Å². The van der Waals surface area contributed by atoms with Crippen LogP contribution in [0.3, 0.4) is 0 Å². The van der Waals surface area contributed by atoms with Crippen LogP contribution in [-0.4, -0.2) is 13.6 Å². The summed E-state index contributed by atoms with van der Waals surface area (Å²) in [5, 5.41) is 3.15. The molecule has 0 spiro atoms. The van der Waals surface area contributed by atoms with E-state index in [0.29, 0.717) is 0 Å². The minimum atomic E-state index is 0.180. The fourth-order valence-electron chi connectivity index (χ4n) is 2.45. The van der Waals surface area contributed by atoms with Gasteiger partial charge in [-0.2, -0.15) is 0 Å². The maximum Gasteiger partial charge on any atom is 0.0307 e. The van der Waals surface area contributed by atoms with Crippen LogP contribution in [0.2, 0.25) is 0 Å². The molecule has 2 rings (SSSR count). The number of fused-ring (bicyclic) bond motifs is 1. The van der Waals surface area contributed by atoms with Crippen LogP contribution in [-0.2, 0) is 12.8 Å². The molecule has 0 aliphatic heterocycles. The molecule has 0 amide bonds. The Morgan fingerprint density at radius 1 is 1.25 bits per heavy atom. The van der Waals surface area contributed by atoms with Gasteiger partial charge in [-0.25, -0.2) is 0 Å². The number of nitrogens with two attached hydrogens (primary N) is 1. The summed E-state index contributed by atoms with van der Waals surface area (Å²) in [5.74, 6) is 0. The second kappa shape index (κ2) is 5.46. The van der Waals surface area contributed by atoms with Gasteiger partial charge in [0, 0.05) is 6.04 Å². The Kier molecular flexibility index (Phi) is 3.97. The van der Waals surface area contributed by atoms with E-state index >= 15 is 0 Å². The molecular formula is C14H22N2. The van der Waals surface area contributed by atoms with E-state index < -0.39 is 0 Å². The van der Waals surface area contributed by atoms with Gasteiger partial charge in [0.25, 0.3) is 0 Å². The highest BCUT2D eigenvalue weighted by atomic mass is 14.8. The standard InChI is InChI=1S/C14H22N2/c1-16-9-8-14(15)13-7-6-11-4-2-3-5-12(11)10-13/h6-7,10,14,16H,2-5,8-9,15H2,1H3. The van der Waals surface area contributed by atoms with Gasteiger partial charge in [0.15, 0.2) is 0 Å². The van der Waals surface area contributed by atoms with Crippen molar-refractivity contribution in [3.8, 4) is 0 Å². The molecule has 2 nitrogen and oxygen atoms in total. The lowest BCUT2D eigenvalue weighted by Gasteiger charge is -2.19. The highest BCUT2D eigenvalue weighted by Gasteiger charge is 2.12. The van der Waals surface area contributed by atoms with E-state index in [4.69, 9.17) is 5.73 Å². The van der Waals surface area contributed by atoms with Crippen molar-refractivity contribution in [2.75, 3.05) is 13.6 Å². The summed E-state index contributed by atoms with van der Waals surface area (Å²) in [4.78, 5) is 0. The zero-order chi connectivity index (χ0) is 11.4. The van der Waals surface area contributed by atoms with Crippen LogP contribution in [0.15, 0.2) is 18.2 Å². The molecule has 16 heavy (non-hydrogen) atoms. The highest BCUT2D eigenvalue weighted by Crippen LogP contribution is 2.24. The Hall–Kier alpha value is -0.860. The van der Waals surface area contributed by atoms with Crippen molar-refractivity contribution in [2.24, 2.45) is 5.73 Å². The average Bonchev–Trinajstić information content (AvgIpc) is 2.35. The molecule has 0 fully saturated rings. The van der Waals surface area contributed by atoms with E-state index in [1.807, 2.05) is 7.05 Å². The third-order valence-corrected chi connectivity index (χ3v) is 3.51. The lowest BCUT2D eigenvalue weighted by molar-refractivity contribution is 0.612. The largest absolute Gasteiger partial charge is 0.324 e. The highest BCUT2D eigenvalue weighted by molar-refractivity contribution is 5.35. The monoisotopic (exact) mass is 218 g/mol. The Morgan fingerprint density at radius 3 is 2.75 bits per heavy atom. The van der Waals surface area contributed by atoms with Gasteiger partial charge in [0.2, 0.25) is 0 Å². The smallest absolute Gasteiger partial charge is 0.0307 e. The first kappa shape index (κ1) is 11.6. The summed E-state index contributed by atoms with van der Waals surface area (Å²) < 4.78 is 0. The number of hydrogen-bond acceptors (Lipinski definition) is 2. The first-order valence-corrected chi connectivity index (χ1v) is 6.33. The fourth-order valence-corrected chi connectivity index (χ4v) is 2.45. The van der Waals surface area contributed by atoms with Gasteiger partial charge in [0.05, 0.1) is 0 Å². The van der Waals surface area contributed by atoms with Crippen molar-refractivity contribution >= 4 is 0 Å². The predicted molar refractivity (Wildman–Crippen MR) is 68.6 cm³/mol. The molecule has 0 saturated heterocycles. The Bertz CT molecular complexity index is 347. The minimum absolute atomic E-state index is 0.180. The first-order valence-electron chi connectivity index (χ1n) is 6.33. The number of hydrogen-bond donors (Lipinski definition) is 2. The van der Waals surface area contributed by atoms with Gasteiger partial charge in [0.1, 0.15) is 0 Å². The molecule has 1 aromatic rings. The zero-order valence-electron chi connectivity index (χ0n) is 10.1. The van der Waals surface area contributed by atoms with Crippen molar-refractivity contribution < 1.29 is 0 Å². The fraction of sp³-hybridized carbons (Fsp3) is 0.571. The van der Waals surface area contributed by atoms with Crippen LogP contribution in [0.4, 0.5) is 0 Å². The topological polar surface area (TPSA) is 38.0 Å². The van der Waals surface area contributed by atoms with Crippen LogP contribution in [0.1, 0.15) is 42.0 Å². The number of benzene rings is 1.